The number of benzene rings is 2. The van der Waals surface area contributed by atoms with Crippen molar-refractivity contribution in [2.24, 2.45) is 0 Å². The third-order valence-electron chi connectivity index (χ3n) is 2.25. The molecular formula is C13H11BrFNO. The van der Waals surface area contributed by atoms with E-state index in [4.69, 9.17) is 10.5 Å². The van der Waals surface area contributed by atoms with E-state index in [1.165, 1.54) is 6.07 Å². The molecule has 0 aliphatic carbocycles. The highest BCUT2D eigenvalue weighted by atomic mass is 79.9. The summed E-state index contributed by atoms with van der Waals surface area (Å²) in [6.07, 6.45) is 0. The van der Waals surface area contributed by atoms with Gasteiger partial charge in [0.1, 0.15) is 6.61 Å². The Bertz CT molecular complexity index is 493. The average molecular weight is 296 g/mol. The molecule has 0 fully saturated rings. The van der Waals surface area contributed by atoms with E-state index in [0.29, 0.717) is 16.8 Å². The molecule has 2 rings (SSSR count). The van der Waals surface area contributed by atoms with Crippen LogP contribution < -0.4 is 10.5 Å². The molecule has 0 spiro atoms. The Morgan fingerprint density at radius 2 is 1.88 bits per heavy atom. The lowest BCUT2D eigenvalue weighted by atomic mass is 10.2. The minimum atomic E-state index is -0.465. The summed E-state index contributed by atoms with van der Waals surface area (Å²) in [7, 11) is 0. The number of hydrogen-bond donors (Lipinski definition) is 1. The Labute approximate surface area is 107 Å². The Kier molecular flexibility index (Phi) is 3.64. The average Bonchev–Trinajstić information content (AvgIpc) is 2.29. The first kappa shape index (κ1) is 11.9. The predicted molar refractivity (Wildman–Crippen MR) is 69.3 cm³/mol. The molecule has 0 aliphatic heterocycles. The van der Waals surface area contributed by atoms with Gasteiger partial charge in [-0.25, -0.2) is 4.39 Å². The van der Waals surface area contributed by atoms with Gasteiger partial charge in [0, 0.05) is 11.8 Å². The van der Waals surface area contributed by atoms with Crippen LogP contribution in [0.3, 0.4) is 0 Å². The van der Waals surface area contributed by atoms with Crippen LogP contribution in [0, 0.1) is 5.82 Å². The smallest absolute Gasteiger partial charge is 0.169 e. The molecule has 4 heteroatoms. The number of halogens is 2. The molecule has 2 nitrogen and oxygen atoms in total. The minimum absolute atomic E-state index is 0.183. The van der Waals surface area contributed by atoms with Gasteiger partial charge in [0.25, 0.3) is 0 Å². The van der Waals surface area contributed by atoms with E-state index in [1.54, 1.807) is 6.07 Å². The predicted octanol–water partition coefficient (Wildman–Crippen LogP) is 3.75. The molecule has 88 valence electrons. The third kappa shape index (κ3) is 2.97. The topological polar surface area (TPSA) is 35.2 Å². The first-order valence-corrected chi connectivity index (χ1v) is 5.87. The van der Waals surface area contributed by atoms with Crippen molar-refractivity contribution in [2.45, 2.75) is 6.61 Å². The third-order valence-corrected chi connectivity index (χ3v) is 2.84. The zero-order valence-electron chi connectivity index (χ0n) is 8.99. The lowest BCUT2D eigenvalue weighted by Crippen LogP contribution is -1.99. The summed E-state index contributed by atoms with van der Waals surface area (Å²) < 4.78 is 19.5. The van der Waals surface area contributed by atoms with E-state index in [2.05, 4.69) is 15.9 Å². The van der Waals surface area contributed by atoms with Crippen molar-refractivity contribution in [3.05, 3.63) is 58.3 Å². The molecule has 0 unspecified atom stereocenters. The van der Waals surface area contributed by atoms with Crippen molar-refractivity contribution in [1.29, 1.82) is 0 Å². The fourth-order valence-corrected chi connectivity index (χ4v) is 2.02. The van der Waals surface area contributed by atoms with Crippen LogP contribution in [0.5, 0.6) is 5.75 Å². The zero-order valence-corrected chi connectivity index (χ0v) is 10.6. The maximum atomic E-state index is 13.6. The molecule has 2 aromatic rings. The minimum Gasteiger partial charge on any atom is -0.485 e. The number of nitrogen functional groups attached to an aromatic ring is 1. The van der Waals surface area contributed by atoms with Crippen LogP contribution in [-0.2, 0) is 6.61 Å². The Morgan fingerprint density at radius 1 is 1.18 bits per heavy atom. The highest BCUT2D eigenvalue weighted by Crippen LogP contribution is 2.31. The van der Waals surface area contributed by atoms with Crippen molar-refractivity contribution in [3.8, 4) is 5.75 Å². The van der Waals surface area contributed by atoms with Crippen LogP contribution in [0.15, 0.2) is 46.9 Å². The summed E-state index contributed by atoms with van der Waals surface area (Å²) in [6, 6.07) is 12.4. The summed E-state index contributed by atoms with van der Waals surface area (Å²) in [5.41, 5.74) is 6.85. The monoisotopic (exact) mass is 295 g/mol. The molecule has 0 aliphatic rings. The first-order valence-electron chi connectivity index (χ1n) is 5.08. The second kappa shape index (κ2) is 5.19. The number of nitrogens with two attached hydrogens (primary N) is 1. The largest absolute Gasteiger partial charge is 0.485 e. The van der Waals surface area contributed by atoms with E-state index in [0.717, 1.165) is 5.56 Å². The molecule has 2 N–H and O–H groups in total. The normalized spacial score (nSPS) is 10.2. The van der Waals surface area contributed by atoms with Gasteiger partial charge in [0.05, 0.1) is 4.47 Å². The molecular weight excluding hydrogens is 285 g/mol. The molecule has 0 radical (unpaired) electrons. The highest BCUT2D eigenvalue weighted by molar-refractivity contribution is 9.10. The number of hydrogen-bond acceptors (Lipinski definition) is 2. The van der Waals surface area contributed by atoms with Crippen molar-refractivity contribution in [1.82, 2.24) is 0 Å². The summed E-state index contributed by atoms with van der Waals surface area (Å²) >= 11 is 3.23. The van der Waals surface area contributed by atoms with Crippen LogP contribution in [0.1, 0.15) is 5.56 Å². The number of rotatable bonds is 3. The Morgan fingerprint density at radius 3 is 2.53 bits per heavy atom. The molecule has 17 heavy (non-hydrogen) atoms. The standard InChI is InChI=1S/C13H11BrFNO/c14-11-6-10(16)7-12(15)13(11)17-8-9-4-2-1-3-5-9/h1-7H,8,16H2. The fraction of sp³-hybridized carbons (Fsp3) is 0.0769. The summed E-state index contributed by atoms with van der Waals surface area (Å²) in [4.78, 5) is 0. The van der Waals surface area contributed by atoms with E-state index >= 15 is 0 Å². The second-order valence-corrected chi connectivity index (χ2v) is 4.44. The fourth-order valence-electron chi connectivity index (χ4n) is 1.45. The van der Waals surface area contributed by atoms with E-state index in [-0.39, 0.29) is 5.75 Å². The molecule has 0 heterocycles. The van der Waals surface area contributed by atoms with Gasteiger partial charge in [-0.05, 0) is 27.6 Å². The highest BCUT2D eigenvalue weighted by Gasteiger charge is 2.09. The molecule has 0 atom stereocenters. The molecule has 0 bridgehead atoms. The van der Waals surface area contributed by atoms with Gasteiger partial charge in [0.15, 0.2) is 11.6 Å². The van der Waals surface area contributed by atoms with Gasteiger partial charge in [-0.3, -0.25) is 0 Å². The lowest BCUT2D eigenvalue weighted by Gasteiger charge is -2.10. The SMILES string of the molecule is Nc1cc(F)c(OCc2ccccc2)c(Br)c1. The van der Waals surface area contributed by atoms with Crippen molar-refractivity contribution in [2.75, 3.05) is 5.73 Å². The number of anilines is 1. The van der Waals surface area contributed by atoms with Gasteiger partial charge in [-0.2, -0.15) is 0 Å². The quantitative estimate of drug-likeness (QED) is 0.875. The van der Waals surface area contributed by atoms with Gasteiger partial charge >= 0.3 is 0 Å². The maximum Gasteiger partial charge on any atom is 0.169 e. The Balaban J connectivity index is 2.15. The van der Waals surface area contributed by atoms with Crippen LogP contribution in [0.2, 0.25) is 0 Å². The summed E-state index contributed by atoms with van der Waals surface area (Å²) in [6.45, 7) is 0.320. The van der Waals surface area contributed by atoms with Gasteiger partial charge in [-0.15, -0.1) is 0 Å². The molecule has 0 saturated carbocycles. The van der Waals surface area contributed by atoms with Crippen LogP contribution in [0.25, 0.3) is 0 Å². The van der Waals surface area contributed by atoms with Crippen molar-refractivity contribution in [3.63, 3.8) is 0 Å². The molecule has 0 aromatic heterocycles. The number of ether oxygens (including phenoxy) is 1. The molecule has 0 amide bonds. The van der Waals surface area contributed by atoms with Gasteiger partial charge < -0.3 is 10.5 Å². The first-order chi connectivity index (χ1) is 8.16. The maximum absolute atomic E-state index is 13.6. The second-order valence-electron chi connectivity index (χ2n) is 3.59. The van der Waals surface area contributed by atoms with Crippen molar-refractivity contribution >= 4 is 21.6 Å². The zero-order chi connectivity index (χ0) is 12.3. The summed E-state index contributed by atoms with van der Waals surface area (Å²) in [5, 5.41) is 0. The van der Waals surface area contributed by atoms with E-state index < -0.39 is 5.82 Å². The van der Waals surface area contributed by atoms with Crippen molar-refractivity contribution < 1.29 is 9.13 Å². The van der Waals surface area contributed by atoms with E-state index in [9.17, 15) is 4.39 Å². The molecule has 2 aromatic carbocycles. The van der Waals surface area contributed by atoms with E-state index in [1.807, 2.05) is 30.3 Å². The lowest BCUT2D eigenvalue weighted by molar-refractivity contribution is 0.288. The van der Waals surface area contributed by atoms with Crippen LogP contribution in [0.4, 0.5) is 10.1 Å². The summed E-state index contributed by atoms with van der Waals surface area (Å²) in [5.74, 6) is -0.282. The van der Waals surface area contributed by atoms with Gasteiger partial charge in [-0.1, -0.05) is 30.3 Å². The van der Waals surface area contributed by atoms with Crippen LogP contribution in [-0.4, -0.2) is 0 Å². The van der Waals surface area contributed by atoms with Crippen LogP contribution >= 0.6 is 15.9 Å². The van der Waals surface area contributed by atoms with Gasteiger partial charge in [0.2, 0.25) is 0 Å². The molecule has 0 saturated heterocycles. The Hall–Kier alpha value is -1.55.